The van der Waals surface area contributed by atoms with Crippen LogP contribution in [0.25, 0.3) is 6.08 Å². The number of rotatable bonds is 8. The summed E-state index contributed by atoms with van der Waals surface area (Å²) >= 11 is 0. The van der Waals surface area contributed by atoms with Crippen LogP contribution >= 0.6 is 0 Å². The molecule has 0 N–H and O–H groups in total. The van der Waals surface area contributed by atoms with Crippen molar-refractivity contribution in [3.05, 3.63) is 60.3 Å². The van der Waals surface area contributed by atoms with Crippen LogP contribution in [-0.4, -0.2) is 29.7 Å². The molecule has 0 saturated carbocycles. The summed E-state index contributed by atoms with van der Waals surface area (Å²) in [5, 5.41) is 0. The minimum Gasteiger partial charge on any atom is -0.493 e. The second-order valence-corrected chi connectivity index (χ2v) is 7.70. The summed E-state index contributed by atoms with van der Waals surface area (Å²) in [5.74, 6) is 0.927. The van der Waals surface area contributed by atoms with Crippen LogP contribution in [0.1, 0.15) is 18.1 Å². The van der Waals surface area contributed by atoms with Crippen LogP contribution in [0.4, 0.5) is 5.69 Å². The molecule has 2 aromatic rings. The number of hydrogen-bond acceptors (Lipinski definition) is 5. The predicted molar refractivity (Wildman–Crippen MR) is 112 cm³/mol. The molecule has 0 atom stereocenters. The maximum Gasteiger partial charge on any atom is 0.268 e. The number of methoxy groups -OCH3 is 3. The van der Waals surface area contributed by atoms with E-state index >= 15 is 0 Å². The van der Waals surface area contributed by atoms with Crippen molar-refractivity contribution < 1.29 is 22.6 Å². The molecule has 2 aromatic carbocycles. The summed E-state index contributed by atoms with van der Waals surface area (Å²) in [5.41, 5.74) is 1.77. The van der Waals surface area contributed by atoms with Gasteiger partial charge in [0.25, 0.3) is 10.0 Å². The third-order valence-corrected chi connectivity index (χ3v) is 5.83. The highest BCUT2D eigenvalue weighted by Gasteiger charge is 2.30. The monoisotopic (exact) mass is 403 g/mol. The Kier molecular flexibility index (Phi) is 6.75. The summed E-state index contributed by atoms with van der Waals surface area (Å²) in [6.45, 7) is 7.44. The zero-order valence-corrected chi connectivity index (χ0v) is 17.5. The van der Waals surface area contributed by atoms with Crippen molar-refractivity contribution in [3.63, 3.8) is 0 Å². The Morgan fingerprint density at radius 1 is 1.00 bits per heavy atom. The predicted octanol–water partition coefficient (Wildman–Crippen LogP) is 4.39. The lowest BCUT2D eigenvalue weighted by molar-refractivity contribution is 0.325. The maximum atomic E-state index is 13.4. The van der Waals surface area contributed by atoms with Gasteiger partial charge >= 0.3 is 0 Å². The Morgan fingerprint density at radius 2 is 1.61 bits per heavy atom. The number of sulfonamides is 1. The van der Waals surface area contributed by atoms with Crippen molar-refractivity contribution in [1.82, 2.24) is 0 Å². The molecule has 0 aromatic heterocycles. The molecule has 0 amide bonds. The van der Waals surface area contributed by atoms with Gasteiger partial charge in [-0.25, -0.2) is 12.7 Å². The van der Waals surface area contributed by atoms with E-state index in [1.807, 2.05) is 6.92 Å². The van der Waals surface area contributed by atoms with Crippen LogP contribution in [0.3, 0.4) is 0 Å². The second kappa shape index (κ2) is 8.84. The largest absolute Gasteiger partial charge is 0.493 e. The Labute approximate surface area is 166 Å². The first kappa shape index (κ1) is 21.4. The average Bonchev–Trinajstić information content (AvgIpc) is 2.70. The number of ether oxygens (including phenoxy) is 3. The molecule has 0 unspecified atom stereocenters. The molecule has 0 spiro atoms. The van der Waals surface area contributed by atoms with Crippen LogP contribution < -0.4 is 18.5 Å². The van der Waals surface area contributed by atoms with E-state index in [-0.39, 0.29) is 16.3 Å². The fourth-order valence-electron chi connectivity index (χ4n) is 2.78. The molecule has 7 heteroatoms. The summed E-state index contributed by atoms with van der Waals surface area (Å²) in [6, 6.07) is 8.30. The number of aryl methyl sites for hydroxylation is 1. The van der Waals surface area contributed by atoms with Crippen LogP contribution in [0.5, 0.6) is 17.2 Å². The SMILES string of the molecule is C=Cc1cc(OC)c(OC)c(OC)c1N(/C=C/C)S(=O)(=O)c1ccc(C)cc1. The Bertz CT molecular complexity index is 979. The molecule has 0 aliphatic heterocycles. The lowest BCUT2D eigenvalue weighted by atomic mass is 10.1. The average molecular weight is 404 g/mol. The van der Waals surface area contributed by atoms with Gasteiger partial charge in [0.15, 0.2) is 11.5 Å². The van der Waals surface area contributed by atoms with Gasteiger partial charge in [-0.05, 0) is 32.0 Å². The first-order valence-corrected chi connectivity index (χ1v) is 9.99. The van der Waals surface area contributed by atoms with E-state index in [1.54, 1.807) is 49.4 Å². The van der Waals surface area contributed by atoms with Gasteiger partial charge in [0, 0.05) is 11.8 Å². The van der Waals surface area contributed by atoms with E-state index in [0.29, 0.717) is 17.1 Å². The van der Waals surface area contributed by atoms with E-state index in [4.69, 9.17) is 14.2 Å². The van der Waals surface area contributed by atoms with Crippen molar-refractivity contribution in [2.75, 3.05) is 25.6 Å². The first-order chi connectivity index (χ1) is 13.3. The molecular formula is C21H25NO5S. The van der Waals surface area contributed by atoms with E-state index < -0.39 is 10.0 Å². The molecule has 2 rings (SSSR count). The standard InChI is InChI=1S/C21H25NO5S/c1-7-13-22(28(23,24)17-11-9-15(3)10-12-17)19-16(8-2)14-18(25-4)20(26-5)21(19)27-6/h7-14H,2H2,1,3-6H3/b13-7+. The molecule has 0 bridgehead atoms. The normalized spacial score (nSPS) is 11.3. The Hall–Kier alpha value is -2.93. The van der Waals surface area contributed by atoms with E-state index in [0.717, 1.165) is 9.87 Å². The first-order valence-electron chi connectivity index (χ1n) is 8.55. The van der Waals surface area contributed by atoms with Crippen molar-refractivity contribution in [2.45, 2.75) is 18.7 Å². The van der Waals surface area contributed by atoms with Crippen LogP contribution in [-0.2, 0) is 10.0 Å². The van der Waals surface area contributed by atoms with Crippen molar-refractivity contribution >= 4 is 21.8 Å². The van der Waals surface area contributed by atoms with Gasteiger partial charge in [-0.1, -0.05) is 36.4 Å². The molecular weight excluding hydrogens is 378 g/mol. The minimum absolute atomic E-state index is 0.156. The quantitative estimate of drug-likeness (QED) is 0.654. The van der Waals surface area contributed by atoms with E-state index in [1.165, 1.54) is 27.5 Å². The molecule has 0 heterocycles. The third-order valence-electron chi connectivity index (χ3n) is 4.14. The highest BCUT2D eigenvalue weighted by molar-refractivity contribution is 7.93. The molecule has 150 valence electrons. The lowest BCUT2D eigenvalue weighted by Gasteiger charge is -2.26. The molecule has 6 nitrogen and oxygen atoms in total. The van der Waals surface area contributed by atoms with Gasteiger partial charge in [-0.15, -0.1) is 0 Å². The lowest BCUT2D eigenvalue weighted by Crippen LogP contribution is -2.27. The molecule has 28 heavy (non-hydrogen) atoms. The zero-order valence-electron chi connectivity index (χ0n) is 16.7. The zero-order chi connectivity index (χ0) is 20.9. The fourth-order valence-corrected chi connectivity index (χ4v) is 4.19. The Morgan fingerprint density at radius 3 is 2.07 bits per heavy atom. The van der Waals surface area contributed by atoms with Gasteiger partial charge in [-0.2, -0.15) is 0 Å². The number of hydrogen-bond donors (Lipinski definition) is 0. The Balaban J connectivity index is 2.86. The van der Waals surface area contributed by atoms with Gasteiger partial charge in [-0.3, -0.25) is 0 Å². The van der Waals surface area contributed by atoms with Gasteiger partial charge in [0.2, 0.25) is 5.75 Å². The minimum atomic E-state index is -3.92. The van der Waals surface area contributed by atoms with Crippen LogP contribution in [0.15, 0.2) is 54.1 Å². The number of nitrogens with zero attached hydrogens (tertiary/aromatic N) is 1. The number of allylic oxidation sites excluding steroid dienone is 1. The maximum absolute atomic E-state index is 13.4. The summed E-state index contributed by atoms with van der Waals surface area (Å²) in [6.07, 6.45) is 4.64. The topological polar surface area (TPSA) is 65.1 Å². The number of benzene rings is 2. The van der Waals surface area contributed by atoms with Crippen molar-refractivity contribution in [2.24, 2.45) is 0 Å². The van der Waals surface area contributed by atoms with Gasteiger partial charge in [0.1, 0.15) is 5.69 Å². The van der Waals surface area contributed by atoms with Gasteiger partial charge < -0.3 is 14.2 Å². The summed E-state index contributed by atoms with van der Waals surface area (Å²) in [7, 11) is 0.485. The highest BCUT2D eigenvalue weighted by Crippen LogP contribution is 2.48. The highest BCUT2D eigenvalue weighted by atomic mass is 32.2. The van der Waals surface area contributed by atoms with Crippen LogP contribution in [0.2, 0.25) is 0 Å². The third kappa shape index (κ3) is 3.84. The fraction of sp³-hybridized carbons (Fsp3) is 0.238. The second-order valence-electron chi connectivity index (χ2n) is 5.88. The summed E-state index contributed by atoms with van der Waals surface area (Å²) < 4.78 is 44.4. The molecule has 0 radical (unpaired) electrons. The van der Waals surface area contributed by atoms with Crippen molar-refractivity contribution in [1.29, 1.82) is 0 Å². The van der Waals surface area contributed by atoms with E-state index in [2.05, 4.69) is 6.58 Å². The smallest absolute Gasteiger partial charge is 0.268 e. The molecule has 0 aliphatic carbocycles. The molecule has 0 saturated heterocycles. The van der Waals surface area contributed by atoms with Crippen LogP contribution in [0, 0.1) is 6.92 Å². The molecule has 0 aliphatic rings. The summed E-state index contributed by atoms with van der Waals surface area (Å²) in [4.78, 5) is 0.156. The van der Waals surface area contributed by atoms with Crippen molar-refractivity contribution in [3.8, 4) is 17.2 Å². The van der Waals surface area contributed by atoms with E-state index in [9.17, 15) is 8.42 Å². The van der Waals surface area contributed by atoms with Gasteiger partial charge in [0.05, 0.1) is 26.2 Å². The number of anilines is 1. The molecule has 0 fully saturated rings.